The fraction of sp³-hybridized carbons (Fsp3) is 0.560. The van der Waals surface area contributed by atoms with Crippen LogP contribution in [0.25, 0.3) is 5.65 Å². The van der Waals surface area contributed by atoms with E-state index in [2.05, 4.69) is 53.1 Å². The van der Waals surface area contributed by atoms with E-state index in [9.17, 15) is 5.11 Å². The maximum Gasteiger partial charge on any atom is 0.164 e. The van der Waals surface area contributed by atoms with Crippen molar-refractivity contribution in [2.24, 2.45) is 5.41 Å². The molecule has 3 heterocycles. The highest BCUT2D eigenvalue weighted by Gasteiger charge is 2.41. The molecular formula is C25H39N6OP. The van der Waals surface area contributed by atoms with Crippen LogP contribution in [0.15, 0.2) is 36.8 Å². The van der Waals surface area contributed by atoms with E-state index in [0.717, 1.165) is 48.5 Å². The second-order valence-electron chi connectivity index (χ2n) is 9.75. The third-order valence-electron chi connectivity index (χ3n) is 6.75. The first-order valence-electron chi connectivity index (χ1n) is 11.7. The summed E-state index contributed by atoms with van der Waals surface area (Å²) in [4.78, 5) is 8.70. The Morgan fingerprint density at radius 1 is 1.27 bits per heavy atom. The van der Waals surface area contributed by atoms with E-state index < -0.39 is 0 Å². The van der Waals surface area contributed by atoms with Gasteiger partial charge in [0.05, 0.1) is 12.3 Å². The Morgan fingerprint density at radius 3 is 2.70 bits per heavy atom. The average Bonchev–Trinajstić information content (AvgIpc) is 3.20. The first kappa shape index (κ1) is 25.5. The van der Waals surface area contributed by atoms with Crippen LogP contribution < -0.4 is 15.9 Å². The van der Waals surface area contributed by atoms with Crippen molar-refractivity contribution in [1.29, 1.82) is 0 Å². The van der Waals surface area contributed by atoms with E-state index >= 15 is 0 Å². The summed E-state index contributed by atoms with van der Waals surface area (Å²) < 4.78 is 1.87. The minimum Gasteiger partial charge on any atom is -0.393 e. The molecule has 0 aliphatic heterocycles. The average molecular weight is 471 g/mol. The van der Waals surface area contributed by atoms with Gasteiger partial charge >= 0.3 is 0 Å². The number of nitrogens with one attached hydrogen (secondary N) is 2. The summed E-state index contributed by atoms with van der Waals surface area (Å²) in [6, 6.07) is 6.00. The summed E-state index contributed by atoms with van der Waals surface area (Å²) in [5.41, 5.74) is 3.52. The van der Waals surface area contributed by atoms with Crippen molar-refractivity contribution in [2.45, 2.75) is 71.6 Å². The van der Waals surface area contributed by atoms with Crippen molar-refractivity contribution in [2.75, 3.05) is 19.0 Å². The fourth-order valence-electron chi connectivity index (χ4n) is 4.79. The van der Waals surface area contributed by atoms with E-state index in [0.29, 0.717) is 14.0 Å². The van der Waals surface area contributed by atoms with Crippen molar-refractivity contribution in [1.82, 2.24) is 24.9 Å². The largest absolute Gasteiger partial charge is 0.393 e. The number of anilines is 1. The number of aryl methyl sites for hydroxylation is 1. The van der Waals surface area contributed by atoms with Crippen molar-refractivity contribution < 1.29 is 5.11 Å². The van der Waals surface area contributed by atoms with E-state index in [1.54, 1.807) is 6.20 Å². The smallest absolute Gasteiger partial charge is 0.164 e. The molecule has 3 aromatic heterocycles. The predicted molar refractivity (Wildman–Crippen MR) is 139 cm³/mol. The van der Waals surface area contributed by atoms with Gasteiger partial charge in [-0.15, -0.1) is 0 Å². The van der Waals surface area contributed by atoms with Crippen LogP contribution in [0.5, 0.6) is 0 Å². The third kappa shape index (κ3) is 6.50. The molecule has 4 rings (SSSR count). The van der Waals surface area contributed by atoms with Crippen LogP contribution in [0.3, 0.4) is 0 Å². The van der Waals surface area contributed by atoms with Crippen LogP contribution in [-0.4, -0.2) is 50.0 Å². The molecule has 1 aliphatic carbocycles. The Kier molecular flexibility index (Phi) is 8.43. The van der Waals surface area contributed by atoms with Gasteiger partial charge in [0.1, 0.15) is 5.82 Å². The molecule has 1 aliphatic rings. The second-order valence-corrected chi connectivity index (χ2v) is 10.8. The molecule has 0 saturated heterocycles. The molecule has 33 heavy (non-hydrogen) atoms. The maximum absolute atomic E-state index is 9.80. The van der Waals surface area contributed by atoms with Crippen LogP contribution in [-0.2, 0) is 6.54 Å². The number of fused-ring (bicyclic) bond motifs is 1. The van der Waals surface area contributed by atoms with Crippen LogP contribution in [0.1, 0.15) is 57.7 Å². The summed E-state index contributed by atoms with van der Waals surface area (Å²) in [6.07, 6.45) is 9.58. The van der Waals surface area contributed by atoms with Crippen LogP contribution in [0.4, 0.5) is 5.82 Å². The van der Waals surface area contributed by atoms with Gasteiger partial charge < -0.3 is 15.7 Å². The Morgan fingerprint density at radius 2 is 2.06 bits per heavy atom. The Hall–Kier alpha value is -2.08. The molecule has 1 saturated carbocycles. The number of aliphatic hydroxyl groups excluding tert-OH is 1. The number of nitrogens with zero attached hydrogens (tertiary/aromatic N) is 4. The van der Waals surface area contributed by atoms with Gasteiger partial charge in [0.2, 0.25) is 0 Å². The summed E-state index contributed by atoms with van der Waals surface area (Å²) in [5.74, 6) is 0.959. The molecule has 0 amide bonds. The van der Waals surface area contributed by atoms with E-state index in [4.69, 9.17) is 0 Å². The SMILES string of the molecule is CCC1(C)CC(O)CC(C)(NC)C1.CPc1cnn2c(NCc3cccnc3)cc(C)nc12. The lowest BCUT2D eigenvalue weighted by atomic mass is 9.65. The van der Waals surface area contributed by atoms with Gasteiger partial charge in [0.25, 0.3) is 0 Å². The summed E-state index contributed by atoms with van der Waals surface area (Å²) in [5, 5.41) is 22.2. The second kappa shape index (κ2) is 10.9. The van der Waals surface area contributed by atoms with Crippen molar-refractivity contribution in [3.63, 3.8) is 0 Å². The Bertz CT molecular complexity index is 1020. The first-order valence-corrected chi connectivity index (χ1v) is 13.2. The Balaban J connectivity index is 0.000000205. The number of aromatic nitrogens is 4. The van der Waals surface area contributed by atoms with Gasteiger partial charge in [-0.05, 0) is 63.9 Å². The van der Waals surface area contributed by atoms with E-state index in [-0.39, 0.29) is 11.6 Å². The molecule has 1 fully saturated rings. The lowest BCUT2D eigenvalue weighted by molar-refractivity contribution is 0.00560. The molecule has 3 aromatic rings. The van der Waals surface area contributed by atoms with Crippen LogP contribution in [0, 0.1) is 12.3 Å². The minimum absolute atomic E-state index is 0.127. The molecule has 8 heteroatoms. The molecule has 0 bridgehead atoms. The molecule has 0 aromatic carbocycles. The predicted octanol–water partition coefficient (Wildman–Crippen LogP) is 3.90. The molecule has 4 unspecified atom stereocenters. The van der Waals surface area contributed by atoms with Gasteiger partial charge in [-0.1, -0.05) is 34.9 Å². The lowest BCUT2D eigenvalue weighted by Crippen LogP contribution is -2.51. The van der Waals surface area contributed by atoms with Gasteiger partial charge in [0, 0.05) is 41.5 Å². The topological polar surface area (TPSA) is 87.4 Å². The fourth-order valence-corrected chi connectivity index (χ4v) is 5.36. The molecular weight excluding hydrogens is 431 g/mol. The van der Waals surface area contributed by atoms with Gasteiger partial charge in [-0.3, -0.25) is 4.98 Å². The van der Waals surface area contributed by atoms with Crippen LogP contribution >= 0.6 is 8.58 Å². The minimum atomic E-state index is -0.129. The summed E-state index contributed by atoms with van der Waals surface area (Å²) in [7, 11) is 2.69. The van der Waals surface area contributed by atoms with Crippen LogP contribution in [0.2, 0.25) is 0 Å². The Labute approximate surface area is 199 Å². The van der Waals surface area contributed by atoms with E-state index in [1.165, 1.54) is 11.7 Å². The van der Waals surface area contributed by atoms with Crippen molar-refractivity contribution >= 4 is 25.4 Å². The lowest BCUT2D eigenvalue weighted by Gasteiger charge is -2.46. The molecule has 0 radical (unpaired) electrons. The van der Waals surface area contributed by atoms with Crippen molar-refractivity contribution in [3.8, 4) is 0 Å². The van der Waals surface area contributed by atoms with Gasteiger partial charge in [0.15, 0.2) is 5.65 Å². The van der Waals surface area contributed by atoms with Crippen molar-refractivity contribution in [3.05, 3.63) is 48.0 Å². The van der Waals surface area contributed by atoms with Gasteiger partial charge in [-0.25, -0.2) is 4.98 Å². The zero-order valence-corrected chi connectivity index (χ0v) is 21.8. The zero-order valence-electron chi connectivity index (χ0n) is 20.8. The number of hydrogen-bond donors (Lipinski definition) is 3. The quantitative estimate of drug-likeness (QED) is 0.474. The first-order chi connectivity index (χ1) is 15.7. The molecule has 3 N–H and O–H groups in total. The highest BCUT2D eigenvalue weighted by molar-refractivity contribution is 7.46. The van der Waals surface area contributed by atoms with Gasteiger partial charge in [-0.2, -0.15) is 9.61 Å². The number of rotatable bonds is 6. The third-order valence-corrected chi connectivity index (χ3v) is 7.65. The van der Waals surface area contributed by atoms with E-state index in [1.807, 2.05) is 49.1 Å². The summed E-state index contributed by atoms with van der Waals surface area (Å²) >= 11 is 0. The normalized spacial score (nSPS) is 25.2. The zero-order chi connectivity index (χ0) is 24.1. The number of hydrogen-bond acceptors (Lipinski definition) is 6. The number of pyridine rings is 1. The monoisotopic (exact) mass is 470 g/mol. The molecule has 7 nitrogen and oxygen atoms in total. The standard InChI is InChI=1S/C14H16N5P.C11H23NO/c1-10-6-13(16-8-11-4-3-5-15-7-11)19-14(18-10)12(20-2)9-17-19;1-5-10(2)6-9(13)7-11(3,8-10)12-4/h3-7,9,16,20H,8H2,1-2H3;9,12-13H,5-8H2,1-4H3. The maximum atomic E-state index is 9.80. The summed E-state index contributed by atoms with van der Waals surface area (Å²) in [6.45, 7) is 11.6. The highest BCUT2D eigenvalue weighted by Crippen LogP contribution is 2.43. The highest BCUT2D eigenvalue weighted by atomic mass is 31.1. The molecule has 180 valence electrons. The molecule has 4 atom stereocenters. The molecule has 0 spiro atoms. The number of aliphatic hydroxyl groups is 1.